The molecule has 0 saturated heterocycles. The van der Waals surface area contributed by atoms with Crippen molar-refractivity contribution < 1.29 is 0 Å². The molecule has 0 aliphatic rings. The predicted octanol–water partition coefficient (Wildman–Crippen LogP) is 7.08. The molecule has 0 aliphatic carbocycles. The number of rotatable bonds is 6. The Balaban J connectivity index is -0.000000180. The van der Waals surface area contributed by atoms with Crippen LogP contribution >= 0.6 is 0 Å². The van der Waals surface area contributed by atoms with E-state index in [1.54, 1.807) is 0 Å². The maximum atomic E-state index is 2.28. The van der Waals surface area contributed by atoms with Gasteiger partial charge in [-0.3, -0.25) is 0 Å². The molecule has 0 aromatic heterocycles. The maximum absolute atomic E-state index is 2.28. The molecule has 0 atom stereocenters. The van der Waals surface area contributed by atoms with Gasteiger partial charge in [0.05, 0.1) is 0 Å². The van der Waals surface area contributed by atoms with E-state index in [-0.39, 0.29) is 0 Å². The summed E-state index contributed by atoms with van der Waals surface area (Å²) >= 11 is 0. The van der Waals surface area contributed by atoms with Crippen molar-refractivity contribution in [3.05, 3.63) is 0 Å². The molecular weight excluding hydrogens is 204 g/mol. The second kappa shape index (κ2) is 21.3. The van der Waals surface area contributed by atoms with Gasteiger partial charge in [-0.15, -0.1) is 0 Å². The zero-order valence-electron chi connectivity index (χ0n) is 14.1. The average Bonchev–Trinajstić information content (AvgIpc) is 2.40. The third-order valence-corrected chi connectivity index (χ3v) is 3.63. The highest BCUT2D eigenvalue weighted by Gasteiger charge is 1.95. The molecule has 0 saturated carbocycles. The molecule has 0 bridgehead atoms. The molecule has 0 heteroatoms. The lowest BCUT2D eigenvalue weighted by molar-refractivity contribution is 0.477. The Morgan fingerprint density at radius 1 is 0.529 bits per heavy atom. The monoisotopic (exact) mass is 244 g/mol. The second-order valence-corrected chi connectivity index (χ2v) is 5.01. The molecule has 0 aromatic rings. The van der Waals surface area contributed by atoms with Crippen LogP contribution in [0.25, 0.3) is 0 Å². The van der Waals surface area contributed by atoms with Gasteiger partial charge in [0.25, 0.3) is 0 Å². The highest BCUT2D eigenvalue weighted by Crippen LogP contribution is 2.10. The fourth-order valence-electron chi connectivity index (χ4n) is 1.15. The molecule has 0 nitrogen and oxygen atoms in total. The molecule has 0 fully saturated rings. The predicted molar refractivity (Wildman–Crippen MR) is 84.7 cm³/mol. The lowest BCUT2D eigenvalue weighted by Gasteiger charge is -2.05. The summed E-state index contributed by atoms with van der Waals surface area (Å²) in [6.07, 6.45) is 9.36. The van der Waals surface area contributed by atoms with E-state index >= 15 is 0 Å². The first-order valence-corrected chi connectivity index (χ1v) is 8.07. The zero-order chi connectivity index (χ0) is 14.1. The third kappa shape index (κ3) is 25.9. The Morgan fingerprint density at radius 2 is 0.824 bits per heavy atom. The third-order valence-electron chi connectivity index (χ3n) is 3.63. The van der Waals surface area contributed by atoms with E-state index in [1.165, 1.54) is 44.9 Å². The Morgan fingerprint density at radius 3 is 0.824 bits per heavy atom. The van der Waals surface area contributed by atoms with Gasteiger partial charge in [0.15, 0.2) is 0 Å². The van der Waals surface area contributed by atoms with Crippen molar-refractivity contribution in [1.82, 2.24) is 0 Å². The molecule has 0 heterocycles. The molecule has 0 spiro atoms. The molecule has 0 rings (SSSR count). The first kappa shape index (κ1) is 22.2. The Bertz CT molecular complexity index is 80.7. The van der Waals surface area contributed by atoms with E-state index < -0.39 is 0 Å². The summed E-state index contributed by atoms with van der Waals surface area (Å²) in [5.74, 6) is 1.92. The minimum Gasteiger partial charge on any atom is -0.0654 e. The highest BCUT2D eigenvalue weighted by molar-refractivity contribution is 4.48. The highest BCUT2D eigenvalue weighted by atomic mass is 14.0. The van der Waals surface area contributed by atoms with Crippen LogP contribution in [0.1, 0.15) is 100 Å². The van der Waals surface area contributed by atoms with E-state index in [9.17, 15) is 0 Å². The number of unbranched alkanes of at least 4 members (excludes halogenated alkanes) is 1. The van der Waals surface area contributed by atoms with Crippen LogP contribution in [0.5, 0.6) is 0 Å². The molecule has 0 unspecified atom stereocenters. The summed E-state index contributed by atoms with van der Waals surface area (Å²) in [5, 5.41) is 0. The van der Waals surface area contributed by atoms with Gasteiger partial charge in [-0.1, -0.05) is 100 Å². The van der Waals surface area contributed by atoms with E-state index in [2.05, 4.69) is 55.4 Å². The van der Waals surface area contributed by atoms with Crippen molar-refractivity contribution in [1.29, 1.82) is 0 Å². The minimum absolute atomic E-state index is 0.935. The summed E-state index contributed by atoms with van der Waals surface area (Å²) in [7, 11) is 0. The Labute approximate surface area is 113 Å². The summed E-state index contributed by atoms with van der Waals surface area (Å²) in [4.78, 5) is 0. The standard InChI is InChI=1S/C7H16.C6H14.C4H10/c1-4-7(5-2)6-3;1-4-6(3)5-2;1-3-4-2/h7H,4-6H2,1-3H3;6H,4-5H2,1-3H3;3-4H2,1-2H3. The van der Waals surface area contributed by atoms with Crippen LogP contribution in [0.15, 0.2) is 0 Å². The van der Waals surface area contributed by atoms with E-state index in [1.807, 2.05) is 0 Å². The van der Waals surface area contributed by atoms with Crippen molar-refractivity contribution in [2.24, 2.45) is 11.8 Å². The van der Waals surface area contributed by atoms with Crippen LogP contribution in [-0.4, -0.2) is 0 Å². The Hall–Kier alpha value is 0. The molecule has 17 heavy (non-hydrogen) atoms. The van der Waals surface area contributed by atoms with Crippen LogP contribution in [0, 0.1) is 11.8 Å². The quantitative estimate of drug-likeness (QED) is 0.468. The van der Waals surface area contributed by atoms with Gasteiger partial charge in [0, 0.05) is 0 Å². The van der Waals surface area contributed by atoms with Crippen molar-refractivity contribution in [3.8, 4) is 0 Å². The van der Waals surface area contributed by atoms with Crippen LogP contribution in [0.2, 0.25) is 0 Å². The van der Waals surface area contributed by atoms with Gasteiger partial charge in [-0.25, -0.2) is 0 Å². The smallest absolute Gasteiger partial charge is 0.0422 e. The lowest BCUT2D eigenvalue weighted by Crippen LogP contribution is -1.91. The molecule has 0 N–H and O–H groups in total. The van der Waals surface area contributed by atoms with E-state index in [0.717, 1.165) is 11.8 Å². The topological polar surface area (TPSA) is 0 Å². The van der Waals surface area contributed by atoms with Crippen molar-refractivity contribution in [2.45, 2.75) is 100 Å². The van der Waals surface area contributed by atoms with Crippen LogP contribution in [0.4, 0.5) is 0 Å². The summed E-state index contributed by atoms with van der Waals surface area (Å²) in [5.41, 5.74) is 0. The van der Waals surface area contributed by atoms with Crippen molar-refractivity contribution in [2.75, 3.05) is 0 Å². The normalized spacial score (nSPS) is 9.53. The second-order valence-electron chi connectivity index (χ2n) is 5.01. The SMILES string of the molecule is CCC(C)CC.CCC(CC)CC.CCCC. The molecular formula is C17H40. The zero-order valence-corrected chi connectivity index (χ0v) is 14.1. The minimum atomic E-state index is 0.935. The first-order valence-electron chi connectivity index (χ1n) is 8.07. The van der Waals surface area contributed by atoms with Gasteiger partial charge in [0.1, 0.15) is 0 Å². The van der Waals surface area contributed by atoms with E-state index in [0.29, 0.717) is 0 Å². The van der Waals surface area contributed by atoms with Crippen molar-refractivity contribution in [3.63, 3.8) is 0 Å². The number of hydrogen-bond acceptors (Lipinski definition) is 0. The first-order chi connectivity index (χ1) is 8.07. The van der Waals surface area contributed by atoms with Crippen molar-refractivity contribution >= 4 is 0 Å². The molecule has 0 amide bonds. The largest absolute Gasteiger partial charge is 0.0654 e. The fraction of sp³-hybridized carbons (Fsp3) is 1.00. The fourth-order valence-corrected chi connectivity index (χ4v) is 1.15. The molecule has 0 aliphatic heterocycles. The molecule has 0 aromatic carbocycles. The van der Waals surface area contributed by atoms with Crippen LogP contribution in [0.3, 0.4) is 0 Å². The van der Waals surface area contributed by atoms with Gasteiger partial charge in [-0.05, 0) is 11.8 Å². The molecule has 0 radical (unpaired) electrons. The maximum Gasteiger partial charge on any atom is -0.0422 e. The van der Waals surface area contributed by atoms with Gasteiger partial charge >= 0.3 is 0 Å². The van der Waals surface area contributed by atoms with Gasteiger partial charge in [0.2, 0.25) is 0 Å². The summed E-state index contributed by atoms with van der Waals surface area (Å²) < 4.78 is 0. The van der Waals surface area contributed by atoms with Crippen LogP contribution < -0.4 is 0 Å². The van der Waals surface area contributed by atoms with Crippen LogP contribution in [-0.2, 0) is 0 Å². The molecule has 108 valence electrons. The average molecular weight is 245 g/mol. The summed E-state index contributed by atoms with van der Waals surface area (Å²) in [6.45, 7) is 17.9. The van der Waals surface area contributed by atoms with Gasteiger partial charge < -0.3 is 0 Å². The van der Waals surface area contributed by atoms with E-state index in [4.69, 9.17) is 0 Å². The summed E-state index contributed by atoms with van der Waals surface area (Å²) in [6, 6.07) is 0. The lowest BCUT2D eigenvalue weighted by atomic mass is 10.0. The Kier molecular flexibility index (Phi) is 27.8. The van der Waals surface area contributed by atoms with Gasteiger partial charge in [-0.2, -0.15) is 0 Å². The number of hydrogen-bond donors (Lipinski definition) is 0.